The van der Waals surface area contributed by atoms with Crippen LogP contribution in [0.3, 0.4) is 0 Å². The van der Waals surface area contributed by atoms with Gasteiger partial charge in [-0.2, -0.15) is 0 Å². The number of hydrogen-bond donors (Lipinski definition) is 7. The van der Waals surface area contributed by atoms with E-state index in [0.29, 0.717) is 73.3 Å². The van der Waals surface area contributed by atoms with E-state index in [1.165, 1.54) is 0 Å². The summed E-state index contributed by atoms with van der Waals surface area (Å²) in [6, 6.07) is 12.1. The van der Waals surface area contributed by atoms with Gasteiger partial charge in [0.2, 0.25) is 0 Å². The van der Waals surface area contributed by atoms with Crippen LogP contribution in [-0.4, -0.2) is 74.8 Å². The van der Waals surface area contributed by atoms with Crippen molar-refractivity contribution in [3.8, 4) is 17.2 Å². The van der Waals surface area contributed by atoms with Gasteiger partial charge in [-0.1, -0.05) is 18.2 Å². The Morgan fingerprint density at radius 1 is 1.10 bits per heavy atom. The van der Waals surface area contributed by atoms with Crippen molar-refractivity contribution in [3.05, 3.63) is 121 Å². The number of aliphatic hydroxyl groups excluding tert-OH is 2. The predicted octanol–water partition coefficient (Wildman–Crippen LogP) is 5.86. The Bertz CT molecular complexity index is 2590. The Morgan fingerprint density at radius 2 is 1.92 bits per heavy atom. The maximum Gasteiger partial charge on any atom is 0.334 e. The highest BCUT2D eigenvalue weighted by molar-refractivity contribution is 5.92. The molecule has 0 spiro atoms. The normalized spacial score (nSPS) is 23.0. The summed E-state index contributed by atoms with van der Waals surface area (Å²) in [5.74, 6) is -2.03. The summed E-state index contributed by atoms with van der Waals surface area (Å²) in [6.45, 7) is 5.95. The van der Waals surface area contributed by atoms with Gasteiger partial charge in [0.05, 0.1) is 6.61 Å². The van der Waals surface area contributed by atoms with E-state index in [0.717, 1.165) is 28.6 Å². The third-order valence-corrected chi connectivity index (χ3v) is 13.3. The second-order valence-corrected chi connectivity index (χ2v) is 16.9. The van der Waals surface area contributed by atoms with Gasteiger partial charge < -0.3 is 50.7 Å². The molecule has 6 unspecified atom stereocenters. The Morgan fingerprint density at radius 3 is 2.63 bits per heavy atom. The maximum atomic E-state index is 14.2. The topological polar surface area (TPSA) is 223 Å². The predicted molar refractivity (Wildman–Crippen MR) is 235 cm³/mol. The summed E-state index contributed by atoms with van der Waals surface area (Å²) < 4.78 is 20.5. The number of carbonyl (C=O) groups excluding carboxylic acids is 1. The van der Waals surface area contributed by atoms with Crippen molar-refractivity contribution in [2.45, 2.75) is 95.4 Å². The third kappa shape index (κ3) is 7.54. The largest absolute Gasteiger partial charge is 0.508 e. The molecule has 6 atom stereocenters. The van der Waals surface area contributed by atoms with E-state index < -0.39 is 59.8 Å². The first-order chi connectivity index (χ1) is 29.9. The van der Waals surface area contributed by atoms with Gasteiger partial charge in [-0.15, -0.1) is 0 Å². The fourth-order valence-electron chi connectivity index (χ4n) is 10.2. The number of nitrogens with one attached hydrogen (secondary N) is 2. The standard InChI is InChI=1S/C48H55N5O9/c1-5-26(13-15-50-4)47(59)61-37-21-34-43(58)41-36(57)20-31(23-54)60-45(41)42-40-32-14-16-52-46(49)39(32)28(9-8-27-10-11-30(56)19-33(27)35(40)24-55)18-29(48(37,3)62-44(34)42)17-25-7-12-38(51-6-2)53-22-25/h5,7,10-12,14,16,19-20,22,28-29,35,37,40,50,54-56,58H,6,8-9,13,15,17-18,21,23-24H2,1-4H3,(H2,49,52)(H,51,53). The number of aromatic hydroxyl groups is 2. The molecule has 4 bridgehead atoms. The molecular weight excluding hydrogens is 791 g/mol. The summed E-state index contributed by atoms with van der Waals surface area (Å²) in [5.41, 5.74) is 10.1. The van der Waals surface area contributed by atoms with Crippen LogP contribution >= 0.6 is 0 Å². The SMILES string of the molecule is CC=C(CCNC)C(=O)OC1Cc2c3c(c4oc(CO)cc(=O)c4c2O)C2c4ccnc(N)c4C(CCc4ccc(O)cc4C2CO)CC(Cc2ccc(NCC)nc2)C1(C)O3. The molecule has 1 aliphatic carbocycles. The zero-order valence-corrected chi connectivity index (χ0v) is 35.5. The van der Waals surface area contributed by atoms with Crippen LogP contribution in [0.2, 0.25) is 0 Å². The third-order valence-electron chi connectivity index (χ3n) is 13.3. The number of aromatic nitrogens is 2. The van der Waals surface area contributed by atoms with E-state index >= 15 is 0 Å². The average molecular weight is 846 g/mol. The van der Waals surface area contributed by atoms with Crippen molar-refractivity contribution in [1.82, 2.24) is 15.3 Å². The molecule has 14 nitrogen and oxygen atoms in total. The van der Waals surface area contributed by atoms with Gasteiger partial charge in [-0.3, -0.25) is 4.79 Å². The number of anilines is 2. The van der Waals surface area contributed by atoms with Gasteiger partial charge in [0, 0.05) is 71.4 Å². The number of nitrogens with zero attached hydrogens (tertiary/aromatic N) is 2. The average Bonchev–Trinajstić information content (AvgIpc) is 3.31. The number of benzene rings is 2. The summed E-state index contributed by atoms with van der Waals surface area (Å²) >= 11 is 0. The van der Waals surface area contributed by atoms with E-state index in [2.05, 4.69) is 15.6 Å². The molecule has 3 aromatic heterocycles. The highest BCUT2D eigenvalue weighted by atomic mass is 16.6. The van der Waals surface area contributed by atoms with E-state index in [1.54, 1.807) is 31.3 Å². The van der Waals surface area contributed by atoms with Crippen molar-refractivity contribution < 1.29 is 39.1 Å². The van der Waals surface area contributed by atoms with Crippen LogP contribution in [0, 0.1) is 5.92 Å². The molecule has 0 radical (unpaired) electrons. The van der Waals surface area contributed by atoms with Crippen molar-refractivity contribution in [1.29, 1.82) is 0 Å². The molecule has 5 heterocycles. The molecule has 0 amide bonds. The lowest BCUT2D eigenvalue weighted by Crippen LogP contribution is -2.57. The first-order valence-corrected chi connectivity index (χ1v) is 21.4. The van der Waals surface area contributed by atoms with Crippen LogP contribution in [-0.2, 0) is 35.4 Å². The number of ether oxygens (including phenoxy) is 2. The molecule has 0 fully saturated rings. The second-order valence-electron chi connectivity index (χ2n) is 16.9. The first kappa shape index (κ1) is 42.7. The molecule has 8 rings (SSSR count). The molecule has 2 aromatic carbocycles. The van der Waals surface area contributed by atoms with E-state index in [1.807, 2.05) is 51.4 Å². The highest BCUT2D eigenvalue weighted by Crippen LogP contribution is 2.58. The first-order valence-electron chi connectivity index (χ1n) is 21.4. The van der Waals surface area contributed by atoms with E-state index in [-0.39, 0.29) is 46.1 Å². The summed E-state index contributed by atoms with van der Waals surface area (Å²) in [7, 11) is 1.81. The zero-order valence-electron chi connectivity index (χ0n) is 35.5. The molecule has 5 aromatic rings. The molecule has 14 heteroatoms. The van der Waals surface area contributed by atoms with Gasteiger partial charge in [0.15, 0.2) is 5.43 Å². The van der Waals surface area contributed by atoms with E-state index in [4.69, 9.17) is 24.6 Å². The zero-order chi connectivity index (χ0) is 43.9. The number of aliphatic hydroxyl groups is 2. The van der Waals surface area contributed by atoms with Gasteiger partial charge in [-0.05, 0) is 119 Å². The molecule has 326 valence electrons. The fourth-order valence-corrected chi connectivity index (χ4v) is 10.2. The second kappa shape index (κ2) is 17.4. The van der Waals surface area contributed by atoms with E-state index in [9.17, 15) is 30.0 Å². The number of aryl methyl sites for hydroxylation is 1. The van der Waals surface area contributed by atoms with Gasteiger partial charge >= 0.3 is 5.97 Å². The quantitative estimate of drug-likeness (QED) is 0.0612. The van der Waals surface area contributed by atoms with Gasteiger partial charge in [-0.25, -0.2) is 14.8 Å². The van der Waals surface area contributed by atoms with Crippen LogP contribution < -0.4 is 26.5 Å². The van der Waals surface area contributed by atoms with Crippen molar-refractivity contribution in [3.63, 3.8) is 0 Å². The van der Waals surface area contributed by atoms with Crippen LogP contribution in [0.4, 0.5) is 11.6 Å². The monoisotopic (exact) mass is 845 g/mol. The van der Waals surface area contributed by atoms with Crippen LogP contribution in [0.5, 0.6) is 17.2 Å². The molecule has 3 aliphatic rings. The van der Waals surface area contributed by atoms with Crippen LogP contribution in [0.1, 0.15) is 102 Å². The molecule has 62 heavy (non-hydrogen) atoms. The van der Waals surface area contributed by atoms with Crippen molar-refractivity contribution in [2.75, 3.05) is 37.8 Å². The molecule has 0 saturated heterocycles. The Balaban J connectivity index is 1.48. The summed E-state index contributed by atoms with van der Waals surface area (Å²) in [5, 5.41) is 51.6. The lowest BCUT2D eigenvalue weighted by Gasteiger charge is -2.49. The smallest absolute Gasteiger partial charge is 0.334 e. The fraction of sp³-hybridized carbons (Fsp3) is 0.417. The van der Waals surface area contributed by atoms with Crippen LogP contribution in [0.25, 0.3) is 11.0 Å². The summed E-state index contributed by atoms with van der Waals surface area (Å²) in [4.78, 5) is 37.8. The Kier molecular flexibility index (Phi) is 12.0. The highest BCUT2D eigenvalue weighted by Gasteiger charge is 2.54. The lowest BCUT2D eigenvalue weighted by atomic mass is 9.67. The lowest BCUT2D eigenvalue weighted by molar-refractivity contribution is -0.165. The molecular formula is C48H55N5O9. The van der Waals surface area contributed by atoms with Gasteiger partial charge in [0.1, 0.15) is 63.9 Å². The molecule has 2 aliphatic heterocycles. The number of pyridine rings is 2. The van der Waals surface area contributed by atoms with Crippen LogP contribution in [0.15, 0.2) is 75.7 Å². The minimum atomic E-state index is -1.31. The Labute approximate surface area is 359 Å². The number of esters is 1. The number of carbonyl (C=O) groups is 1. The number of fused-ring (bicyclic) bond motifs is 5. The summed E-state index contributed by atoms with van der Waals surface area (Å²) in [6.07, 6.45) is 6.65. The molecule has 0 saturated carbocycles. The number of rotatable bonds is 11. The number of nitrogens with two attached hydrogens (primary N) is 1. The van der Waals surface area contributed by atoms with Crippen molar-refractivity contribution >= 4 is 28.6 Å². The number of allylic oxidation sites excluding steroid dienone is 1. The number of phenolic OH excluding ortho intramolecular Hbond substituents is 2. The van der Waals surface area contributed by atoms with Gasteiger partial charge in [0.25, 0.3) is 0 Å². The minimum Gasteiger partial charge on any atom is -0.508 e. The number of phenols is 2. The minimum absolute atomic E-state index is 0.0137. The number of nitrogen functional groups attached to an aromatic ring is 1. The van der Waals surface area contributed by atoms with Crippen molar-refractivity contribution in [2.24, 2.45) is 5.92 Å². The Hall–Kier alpha value is -5.96. The number of hydrogen-bond acceptors (Lipinski definition) is 14. The maximum absolute atomic E-state index is 14.2. The molecule has 8 N–H and O–H groups in total.